The first kappa shape index (κ1) is 18.3. The number of alkyl carbamates (subject to hydrolysis) is 1. The zero-order valence-corrected chi connectivity index (χ0v) is 12.5. The van der Waals surface area contributed by atoms with Crippen LogP contribution in [0.5, 0.6) is 0 Å². The summed E-state index contributed by atoms with van der Waals surface area (Å²) in [5.41, 5.74) is 0.277. The third kappa shape index (κ3) is 7.16. The number of carbonyl (C=O) groups is 4. The molecule has 0 radical (unpaired) electrons. The van der Waals surface area contributed by atoms with Gasteiger partial charge in [-0.3, -0.25) is 19.7 Å². The molecular formula is C15H16FNO6. The van der Waals surface area contributed by atoms with Crippen molar-refractivity contribution in [2.24, 2.45) is 0 Å². The van der Waals surface area contributed by atoms with E-state index in [9.17, 15) is 23.6 Å². The van der Waals surface area contributed by atoms with Gasteiger partial charge in [0.15, 0.2) is 12.4 Å². The largest absolute Gasteiger partial charge is 0.456 e. The molecule has 0 unspecified atom stereocenters. The van der Waals surface area contributed by atoms with Gasteiger partial charge < -0.3 is 9.47 Å². The number of benzene rings is 1. The van der Waals surface area contributed by atoms with Gasteiger partial charge in [0.1, 0.15) is 5.82 Å². The first-order chi connectivity index (χ1) is 10.9. The third-order valence-electron chi connectivity index (χ3n) is 2.60. The average molecular weight is 325 g/mol. The van der Waals surface area contributed by atoms with Crippen molar-refractivity contribution in [2.45, 2.75) is 19.8 Å². The second-order valence-corrected chi connectivity index (χ2v) is 4.36. The summed E-state index contributed by atoms with van der Waals surface area (Å²) in [6.07, 6.45) is -1.30. The van der Waals surface area contributed by atoms with Gasteiger partial charge in [0.25, 0.3) is 5.91 Å². The van der Waals surface area contributed by atoms with Gasteiger partial charge >= 0.3 is 12.1 Å². The first-order valence-corrected chi connectivity index (χ1v) is 6.83. The van der Waals surface area contributed by atoms with Gasteiger partial charge in [0.2, 0.25) is 0 Å². The molecule has 7 nitrogen and oxygen atoms in total. The predicted molar refractivity (Wildman–Crippen MR) is 76.1 cm³/mol. The van der Waals surface area contributed by atoms with Crippen LogP contribution in [-0.2, 0) is 19.1 Å². The summed E-state index contributed by atoms with van der Waals surface area (Å²) in [4.78, 5) is 45.3. The van der Waals surface area contributed by atoms with Crippen molar-refractivity contribution in [1.82, 2.24) is 5.32 Å². The number of ether oxygens (including phenoxy) is 2. The molecule has 1 rings (SSSR count). The highest BCUT2D eigenvalue weighted by Crippen LogP contribution is 2.07. The molecule has 0 aromatic heterocycles. The average Bonchev–Trinajstić information content (AvgIpc) is 2.51. The van der Waals surface area contributed by atoms with Crippen molar-refractivity contribution in [2.75, 3.05) is 13.2 Å². The van der Waals surface area contributed by atoms with E-state index >= 15 is 0 Å². The lowest BCUT2D eigenvalue weighted by Crippen LogP contribution is -2.34. The molecule has 0 atom stereocenters. The molecule has 23 heavy (non-hydrogen) atoms. The van der Waals surface area contributed by atoms with Gasteiger partial charge in [-0.2, -0.15) is 0 Å². The van der Waals surface area contributed by atoms with Crippen LogP contribution in [0.4, 0.5) is 9.18 Å². The molecule has 0 aliphatic heterocycles. The number of ketones is 1. The lowest BCUT2D eigenvalue weighted by atomic mass is 10.1. The number of hydrogen-bond acceptors (Lipinski definition) is 6. The van der Waals surface area contributed by atoms with Gasteiger partial charge in [-0.15, -0.1) is 0 Å². The Morgan fingerprint density at radius 3 is 2.30 bits per heavy atom. The highest BCUT2D eigenvalue weighted by Gasteiger charge is 2.13. The van der Waals surface area contributed by atoms with Gasteiger partial charge in [0.05, 0.1) is 13.0 Å². The molecule has 0 fully saturated rings. The number of esters is 1. The molecule has 0 saturated heterocycles. The Kier molecular flexibility index (Phi) is 7.38. The summed E-state index contributed by atoms with van der Waals surface area (Å²) in [5, 5.41) is 1.85. The summed E-state index contributed by atoms with van der Waals surface area (Å²) < 4.78 is 21.8. The Morgan fingerprint density at radius 1 is 1.04 bits per heavy atom. The molecular weight excluding hydrogens is 309 g/mol. The molecule has 1 aromatic rings. The Hall–Kier alpha value is -2.77. The molecule has 8 heteroatoms. The van der Waals surface area contributed by atoms with E-state index in [-0.39, 0.29) is 30.8 Å². The fourth-order valence-electron chi connectivity index (χ4n) is 1.53. The zero-order chi connectivity index (χ0) is 17.2. The number of imide groups is 1. The topological polar surface area (TPSA) is 98.8 Å². The van der Waals surface area contributed by atoms with Gasteiger partial charge in [0, 0.05) is 12.0 Å². The lowest BCUT2D eigenvalue weighted by molar-refractivity contribution is -0.148. The SMILES string of the molecule is CCOC(=O)NC(=O)COC(=O)CCC(=O)c1ccc(F)cc1. The zero-order valence-electron chi connectivity index (χ0n) is 12.5. The first-order valence-electron chi connectivity index (χ1n) is 6.83. The Labute approximate surface area is 131 Å². The summed E-state index contributed by atoms with van der Waals surface area (Å²) in [6.45, 7) is 1.02. The number of halogens is 1. The minimum Gasteiger partial charge on any atom is -0.456 e. The molecule has 0 heterocycles. The summed E-state index contributed by atoms with van der Waals surface area (Å²) in [6, 6.07) is 4.92. The number of hydrogen-bond donors (Lipinski definition) is 1. The van der Waals surface area contributed by atoms with E-state index in [1.807, 2.05) is 5.32 Å². The molecule has 0 bridgehead atoms. The van der Waals surface area contributed by atoms with Crippen molar-refractivity contribution in [3.05, 3.63) is 35.6 Å². The van der Waals surface area contributed by atoms with Crippen molar-refractivity contribution in [3.63, 3.8) is 0 Å². The fourth-order valence-corrected chi connectivity index (χ4v) is 1.53. The van der Waals surface area contributed by atoms with Crippen molar-refractivity contribution in [3.8, 4) is 0 Å². The van der Waals surface area contributed by atoms with Crippen LogP contribution >= 0.6 is 0 Å². The van der Waals surface area contributed by atoms with Gasteiger partial charge in [-0.05, 0) is 31.2 Å². The van der Waals surface area contributed by atoms with Crippen LogP contribution in [-0.4, -0.2) is 37.0 Å². The Balaban J connectivity index is 2.28. The highest BCUT2D eigenvalue weighted by atomic mass is 19.1. The molecule has 0 saturated carbocycles. The van der Waals surface area contributed by atoms with E-state index in [2.05, 4.69) is 9.47 Å². The number of carbonyl (C=O) groups excluding carboxylic acids is 4. The molecule has 0 aliphatic carbocycles. The highest BCUT2D eigenvalue weighted by molar-refractivity contribution is 5.97. The predicted octanol–water partition coefficient (Wildman–Crippen LogP) is 1.60. The standard InChI is InChI=1S/C15H16FNO6/c1-2-22-15(21)17-13(19)9-23-14(20)8-7-12(18)10-3-5-11(16)6-4-10/h3-6H,2,7-9H2,1H3,(H,17,19,21). The maximum atomic E-state index is 12.7. The van der Waals surface area contributed by atoms with E-state index in [0.29, 0.717) is 0 Å². The van der Waals surface area contributed by atoms with E-state index in [4.69, 9.17) is 0 Å². The molecule has 1 aromatic carbocycles. The number of rotatable bonds is 7. The van der Waals surface area contributed by atoms with E-state index < -0.39 is 30.4 Å². The van der Waals surface area contributed by atoms with Crippen LogP contribution < -0.4 is 5.32 Å². The van der Waals surface area contributed by atoms with Crippen LogP contribution in [0.2, 0.25) is 0 Å². The van der Waals surface area contributed by atoms with Crippen LogP contribution in [0.1, 0.15) is 30.1 Å². The van der Waals surface area contributed by atoms with Crippen LogP contribution in [0, 0.1) is 5.82 Å². The molecule has 124 valence electrons. The Bertz CT molecular complexity index is 584. The molecule has 0 aliphatic rings. The number of Topliss-reactive ketones (excluding diaryl/α,β-unsaturated/α-hetero) is 1. The quantitative estimate of drug-likeness (QED) is 0.604. The monoisotopic (exact) mass is 325 g/mol. The van der Waals surface area contributed by atoms with Crippen LogP contribution in [0.3, 0.4) is 0 Å². The fraction of sp³-hybridized carbons (Fsp3) is 0.333. The van der Waals surface area contributed by atoms with Gasteiger partial charge in [-0.25, -0.2) is 9.18 Å². The van der Waals surface area contributed by atoms with E-state index in [1.54, 1.807) is 6.92 Å². The maximum absolute atomic E-state index is 12.7. The minimum absolute atomic E-state index is 0.102. The molecule has 0 spiro atoms. The Morgan fingerprint density at radius 2 is 1.70 bits per heavy atom. The maximum Gasteiger partial charge on any atom is 0.413 e. The summed E-state index contributed by atoms with van der Waals surface area (Å²) in [7, 11) is 0. The normalized spacial score (nSPS) is 9.83. The lowest BCUT2D eigenvalue weighted by Gasteiger charge is -2.05. The number of amides is 2. The van der Waals surface area contributed by atoms with Crippen molar-refractivity contribution >= 4 is 23.8 Å². The molecule has 1 N–H and O–H groups in total. The van der Waals surface area contributed by atoms with Crippen LogP contribution in [0.15, 0.2) is 24.3 Å². The van der Waals surface area contributed by atoms with Gasteiger partial charge in [-0.1, -0.05) is 0 Å². The second-order valence-electron chi connectivity index (χ2n) is 4.36. The minimum atomic E-state index is -0.931. The third-order valence-corrected chi connectivity index (χ3v) is 2.60. The molecule has 2 amide bonds. The summed E-state index contributed by atoms with van der Waals surface area (Å²) in [5.74, 6) is -2.41. The van der Waals surface area contributed by atoms with E-state index in [0.717, 1.165) is 12.1 Å². The summed E-state index contributed by atoms with van der Waals surface area (Å²) >= 11 is 0. The van der Waals surface area contributed by atoms with Crippen molar-refractivity contribution in [1.29, 1.82) is 0 Å². The van der Waals surface area contributed by atoms with Crippen LogP contribution in [0.25, 0.3) is 0 Å². The smallest absolute Gasteiger partial charge is 0.413 e. The van der Waals surface area contributed by atoms with E-state index in [1.165, 1.54) is 12.1 Å². The number of nitrogens with one attached hydrogen (secondary N) is 1. The second kappa shape index (κ2) is 9.29. The van der Waals surface area contributed by atoms with Crippen molar-refractivity contribution < 1.29 is 33.0 Å².